The summed E-state index contributed by atoms with van der Waals surface area (Å²) >= 11 is 2.68. The fourth-order valence-corrected chi connectivity index (χ4v) is 4.95. The van der Waals surface area contributed by atoms with E-state index < -0.39 is 0 Å². The van der Waals surface area contributed by atoms with E-state index in [9.17, 15) is 14.0 Å². The lowest BCUT2D eigenvalue weighted by Gasteiger charge is -2.13. The number of carbonyl (C=O) groups excluding carboxylic acids is 1. The Morgan fingerprint density at radius 2 is 2.17 bits per heavy atom. The van der Waals surface area contributed by atoms with Crippen molar-refractivity contribution in [1.82, 2.24) is 14.9 Å². The predicted molar refractivity (Wildman–Crippen MR) is 110 cm³/mol. The molecular formula is C20H18FN3O3S2. The molecule has 1 amide bonds. The summed E-state index contributed by atoms with van der Waals surface area (Å²) in [6.45, 7) is 2.34. The van der Waals surface area contributed by atoms with Crippen LogP contribution in [0.4, 0.5) is 4.39 Å². The Balaban J connectivity index is 1.59. The van der Waals surface area contributed by atoms with E-state index in [4.69, 9.17) is 4.42 Å². The molecule has 29 heavy (non-hydrogen) atoms. The zero-order valence-corrected chi connectivity index (χ0v) is 17.2. The van der Waals surface area contributed by atoms with Gasteiger partial charge in [-0.3, -0.25) is 14.2 Å². The van der Waals surface area contributed by atoms with E-state index in [1.54, 1.807) is 18.4 Å². The van der Waals surface area contributed by atoms with Crippen LogP contribution in [-0.4, -0.2) is 26.5 Å². The zero-order valence-electron chi connectivity index (χ0n) is 15.6. The molecule has 9 heteroatoms. The Morgan fingerprint density at radius 3 is 2.90 bits per heavy atom. The van der Waals surface area contributed by atoms with E-state index in [0.717, 1.165) is 5.69 Å². The summed E-state index contributed by atoms with van der Waals surface area (Å²) in [4.78, 5) is 30.6. The number of nitrogens with zero attached hydrogens (tertiary/aromatic N) is 2. The van der Waals surface area contributed by atoms with Gasteiger partial charge >= 0.3 is 0 Å². The number of thioether (sulfide) groups is 2. The molecule has 1 aliphatic rings. The maximum atomic E-state index is 13.4. The lowest BCUT2D eigenvalue weighted by Crippen LogP contribution is -2.27. The van der Waals surface area contributed by atoms with Crippen molar-refractivity contribution >= 4 is 29.4 Å². The molecule has 0 saturated carbocycles. The third-order valence-electron chi connectivity index (χ3n) is 4.34. The molecule has 1 aromatic carbocycles. The van der Waals surface area contributed by atoms with Crippen molar-refractivity contribution in [1.29, 1.82) is 0 Å². The SMILES string of the molecule is CC1Cc2nc(SCC(=O)NCc3ccco3)n(-c3ccc(F)cc3)c(=O)c2S1. The van der Waals surface area contributed by atoms with Crippen LogP contribution in [0.3, 0.4) is 0 Å². The first kappa shape index (κ1) is 19.8. The molecule has 150 valence electrons. The van der Waals surface area contributed by atoms with Gasteiger partial charge in [-0.05, 0) is 36.4 Å². The quantitative estimate of drug-likeness (QED) is 0.476. The molecule has 0 spiro atoms. The Labute approximate surface area is 174 Å². The van der Waals surface area contributed by atoms with Crippen LogP contribution in [0.1, 0.15) is 18.4 Å². The van der Waals surface area contributed by atoms with E-state index in [1.807, 2.05) is 6.92 Å². The van der Waals surface area contributed by atoms with E-state index >= 15 is 0 Å². The highest BCUT2D eigenvalue weighted by molar-refractivity contribution is 8.00. The predicted octanol–water partition coefficient (Wildman–Crippen LogP) is 3.41. The minimum absolute atomic E-state index is 0.0931. The van der Waals surface area contributed by atoms with Crippen molar-refractivity contribution in [2.24, 2.45) is 0 Å². The van der Waals surface area contributed by atoms with Gasteiger partial charge in [-0.2, -0.15) is 0 Å². The highest BCUT2D eigenvalue weighted by Gasteiger charge is 2.27. The first-order valence-electron chi connectivity index (χ1n) is 9.01. The number of hydrogen-bond acceptors (Lipinski definition) is 6. The summed E-state index contributed by atoms with van der Waals surface area (Å²) in [6, 6.07) is 9.21. The normalized spacial score (nSPS) is 15.3. The molecule has 0 radical (unpaired) electrons. The van der Waals surface area contributed by atoms with Crippen LogP contribution in [0.25, 0.3) is 5.69 Å². The molecule has 0 fully saturated rings. The van der Waals surface area contributed by atoms with Crippen LogP contribution >= 0.6 is 23.5 Å². The second-order valence-electron chi connectivity index (χ2n) is 6.56. The first-order valence-corrected chi connectivity index (χ1v) is 10.9. The Morgan fingerprint density at radius 1 is 1.38 bits per heavy atom. The average Bonchev–Trinajstić information content (AvgIpc) is 3.35. The smallest absolute Gasteiger partial charge is 0.272 e. The highest BCUT2D eigenvalue weighted by Crippen LogP contribution is 2.34. The molecule has 1 unspecified atom stereocenters. The maximum absolute atomic E-state index is 13.4. The number of aromatic nitrogens is 2. The molecule has 4 rings (SSSR count). The van der Waals surface area contributed by atoms with Gasteiger partial charge in [0.15, 0.2) is 5.16 Å². The van der Waals surface area contributed by atoms with Gasteiger partial charge in [0.25, 0.3) is 5.56 Å². The largest absolute Gasteiger partial charge is 0.467 e. The van der Waals surface area contributed by atoms with Gasteiger partial charge in [0, 0.05) is 11.7 Å². The number of benzene rings is 1. The summed E-state index contributed by atoms with van der Waals surface area (Å²) in [6.07, 6.45) is 2.25. The maximum Gasteiger partial charge on any atom is 0.272 e. The van der Waals surface area contributed by atoms with Crippen LogP contribution in [-0.2, 0) is 17.8 Å². The van der Waals surface area contributed by atoms with E-state index in [1.165, 1.54) is 52.4 Å². The molecular weight excluding hydrogens is 413 g/mol. The molecule has 0 bridgehead atoms. The van der Waals surface area contributed by atoms with Crippen molar-refractivity contribution in [3.8, 4) is 5.69 Å². The Kier molecular flexibility index (Phi) is 5.77. The zero-order chi connectivity index (χ0) is 20.4. The highest BCUT2D eigenvalue weighted by atomic mass is 32.2. The summed E-state index contributed by atoms with van der Waals surface area (Å²) in [7, 11) is 0. The average molecular weight is 432 g/mol. The van der Waals surface area contributed by atoms with Gasteiger partial charge in [-0.25, -0.2) is 9.37 Å². The van der Waals surface area contributed by atoms with Gasteiger partial charge in [0.1, 0.15) is 11.6 Å². The Bertz CT molecular complexity index is 1080. The topological polar surface area (TPSA) is 77.1 Å². The number of nitrogens with one attached hydrogen (secondary N) is 1. The lowest BCUT2D eigenvalue weighted by atomic mass is 10.2. The number of hydrogen-bond donors (Lipinski definition) is 1. The van der Waals surface area contributed by atoms with E-state index in [2.05, 4.69) is 10.3 Å². The molecule has 0 saturated heterocycles. The number of furan rings is 1. The number of rotatable bonds is 6. The number of fused-ring (bicyclic) bond motifs is 1. The van der Waals surface area contributed by atoms with Gasteiger partial charge < -0.3 is 9.73 Å². The monoisotopic (exact) mass is 431 g/mol. The first-order chi connectivity index (χ1) is 14.0. The molecule has 3 heterocycles. The number of carbonyl (C=O) groups is 1. The Hall–Kier alpha value is -2.52. The minimum atomic E-state index is -0.384. The van der Waals surface area contributed by atoms with Crippen molar-refractivity contribution in [2.45, 2.75) is 35.2 Å². The second kappa shape index (κ2) is 8.46. The molecule has 1 aliphatic heterocycles. The summed E-state index contributed by atoms with van der Waals surface area (Å²) in [5, 5.41) is 3.46. The molecule has 1 atom stereocenters. The second-order valence-corrected chi connectivity index (χ2v) is 8.96. The molecule has 6 nitrogen and oxygen atoms in total. The van der Waals surface area contributed by atoms with Crippen LogP contribution < -0.4 is 10.9 Å². The number of amides is 1. The summed E-state index contributed by atoms with van der Waals surface area (Å²) < 4.78 is 20.0. The van der Waals surface area contributed by atoms with Crippen LogP contribution in [0.2, 0.25) is 0 Å². The van der Waals surface area contributed by atoms with E-state index in [-0.39, 0.29) is 28.3 Å². The van der Waals surface area contributed by atoms with Gasteiger partial charge in [-0.1, -0.05) is 18.7 Å². The van der Waals surface area contributed by atoms with Crippen molar-refractivity contribution in [3.63, 3.8) is 0 Å². The third kappa shape index (κ3) is 4.40. The van der Waals surface area contributed by atoms with Crippen molar-refractivity contribution < 1.29 is 13.6 Å². The minimum Gasteiger partial charge on any atom is -0.467 e. The lowest BCUT2D eigenvalue weighted by molar-refractivity contribution is -0.118. The van der Waals surface area contributed by atoms with Gasteiger partial charge in [0.2, 0.25) is 5.91 Å². The molecule has 1 N–H and O–H groups in total. The van der Waals surface area contributed by atoms with Gasteiger partial charge in [-0.15, -0.1) is 11.8 Å². The standard InChI is InChI=1S/C20H18FN3O3S2/c1-12-9-16-18(29-12)19(26)24(14-6-4-13(21)5-7-14)20(23-16)28-11-17(25)22-10-15-3-2-8-27-15/h2-8,12H,9-11H2,1H3,(H,22,25). The number of halogens is 1. The molecule has 2 aromatic heterocycles. The van der Waals surface area contributed by atoms with Gasteiger partial charge in [0.05, 0.1) is 34.8 Å². The van der Waals surface area contributed by atoms with Crippen molar-refractivity contribution in [3.05, 3.63) is 70.3 Å². The fraction of sp³-hybridized carbons (Fsp3) is 0.250. The van der Waals surface area contributed by atoms with Crippen LogP contribution in [0, 0.1) is 5.82 Å². The summed E-state index contributed by atoms with van der Waals surface area (Å²) in [5.74, 6) is 0.170. The van der Waals surface area contributed by atoms with Crippen LogP contribution in [0.5, 0.6) is 0 Å². The molecule has 3 aromatic rings. The fourth-order valence-electron chi connectivity index (χ4n) is 2.99. The van der Waals surface area contributed by atoms with Crippen LogP contribution in [0.15, 0.2) is 61.9 Å². The van der Waals surface area contributed by atoms with Crippen molar-refractivity contribution in [2.75, 3.05) is 5.75 Å². The third-order valence-corrected chi connectivity index (χ3v) is 6.49. The van der Waals surface area contributed by atoms with E-state index in [0.29, 0.717) is 34.5 Å². The molecule has 0 aliphatic carbocycles. The summed E-state index contributed by atoms with van der Waals surface area (Å²) in [5.41, 5.74) is 1.09.